The summed E-state index contributed by atoms with van der Waals surface area (Å²) in [6, 6.07) is 12.6. The monoisotopic (exact) mass is 513 g/mol. The van der Waals surface area contributed by atoms with Crippen molar-refractivity contribution in [1.82, 2.24) is 15.3 Å². The molecule has 0 fully saturated rings. The maximum Gasteiger partial charge on any atom is 0.417 e. The van der Waals surface area contributed by atoms with Crippen LogP contribution in [-0.2, 0) is 19.0 Å². The van der Waals surface area contributed by atoms with Gasteiger partial charge in [-0.25, -0.2) is 9.37 Å². The van der Waals surface area contributed by atoms with Crippen LogP contribution in [-0.4, -0.2) is 23.1 Å². The normalized spacial score (nSPS) is 12.9. The zero-order valence-electron chi connectivity index (χ0n) is 18.9. The van der Waals surface area contributed by atoms with Crippen molar-refractivity contribution in [3.63, 3.8) is 0 Å². The Hall–Kier alpha value is -3.65. The highest BCUT2D eigenvalue weighted by Gasteiger charge is 2.31. The number of nitrogens with one attached hydrogen (secondary N) is 1. The van der Waals surface area contributed by atoms with Gasteiger partial charge in [-0.1, -0.05) is 24.2 Å². The summed E-state index contributed by atoms with van der Waals surface area (Å²) in [6.07, 6.45) is -2.32. The summed E-state index contributed by atoms with van der Waals surface area (Å²) >= 11 is 5.98. The van der Waals surface area contributed by atoms with Gasteiger partial charge in [0.2, 0.25) is 0 Å². The van der Waals surface area contributed by atoms with Crippen molar-refractivity contribution in [2.75, 3.05) is 13.2 Å². The quantitative estimate of drug-likeness (QED) is 0.287. The number of halogens is 5. The third-order valence-corrected chi connectivity index (χ3v) is 6.28. The lowest BCUT2D eigenvalue weighted by atomic mass is 10.0. The summed E-state index contributed by atoms with van der Waals surface area (Å²) in [6.45, 7) is 5.07. The number of rotatable bonds is 6. The van der Waals surface area contributed by atoms with E-state index in [1.165, 1.54) is 12.1 Å². The van der Waals surface area contributed by atoms with E-state index < -0.39 is 17.6 Å². The molecule has 0 radical (unpaired) electrons. The third kappa shape index (κ3) is 4.86. The van der Waals surface area contributed by atoms with Crippen LogP contribution < -0.4 is 10.1 Å². The average Bonchev–Trinajstić information content (AvgIpc) is 3.32. The number of hydrogen-bond acceptors (Lipinski definition) is 4. The molecular weight excluding hydrogens is 494 g/mol. The van der Waals surface area contributed by atoms with Crippen molar-refractivity contribution >= 4 is 28.2 Å². The summed E-state index contributed by atoms with van der Waals surface area (Å²) in [5, 5.41) is 3.62. The molecule has 1 N–H and O–H groups in total. The molecule has 0 atom stereocenters. The van der Waals surface area contributed by atoms with Crippen LogP contribution in [0, 0.1) is 5.82 Å². The van der Waals surface area contributed by atoms with Crippen LogP contribution in [0.15, 0.2) is 61.3 Å². The van der Waals surface area contributed by atoms with Gasteiger partial charge in [0.15, 0.2) is 0 Å². The van der Waals surface area contributed by atoms with Gasteiger partial charge in [-0.2, -0.15) is 13.2 Å². The van der Waals surface area contributed by atoms with Crippen molar-refractivity contribution in [2.45, 2.75) is 19.0 Å². The second-order valence-electron chi connectivity index (χ2n) is 8.46. The fourth-order valence-electron chi connectivity index (χ4n) is 4.14. The number of nitrogens with zero attached hydrogens (tertiary/aromatic N) is 2. The van der Waals surface area contributed by atoms with Crippen LogP contribution in [0.3, 0.4) is 0 Å². The van der Waals surface area contributed by atoms with E-state index in [-0.39, 0.29) is 5.02 Å². The standard InChI is InChI=1S/C27H20ClF4N3O/c1-15(16-3-5-24-19(10-16)11-20(14-34-24)27(30,31)32)33-8-6-21-12-18-7-9-36-26(18)25(35-21)17-2-4-23(29)22(28)13-17/h2-5,10-14,33H,1,6-9H2. The molecule has 9 heteroatoms. The van der Waals surface area contributed by atoms with Gasteiger partial charge in [-0.05, 0) is 48.0 Å². The number of benzene rings is 2. The van der Waals surface area contributed by atoms with Crippen LogP contribution >= 0.6 is 11.6 Å². The summed E-state index contributed by atoms with van der Waals surface area (Å²) in [5.41, 5.74) is 4.03. The molecule has 0 bridgehead atoms. The summed E-state index contributed by atoms with van der Waals surface area (Å²) < 4.78 is 58.6. The van der Waals surface area contributed by atoms with Gasteiger partial charge in [-0.3, -0.25) is 4.98 Å². The number of aromatic nitrogens is 2. The zero-order chi connectivity index (χ0) is 25.4. The highest BCUT2D eigenvalue weighted by atomic mass is 35.5. The molecule has 2 aromatic carbocycles. The molecule has 36 heavy (non-hydrogen) atoms. The molecule has 1 aliphatic rings. The highest BCUT2D eigenvalue weighted by molar-refractivity contribution is 6.31. The molecule has 1 aliphatic heterocycles. The van der Waals surface area contributed by atoms with E-state index in [0.717, 1.165) is 29.9 Å². The van der Waals surface area contributed by atoms with E-state index in [4.69, 9.17) is 21.3 Å². The third-order valence-electron chi connectivity index (χ3n) is 5.99. The largest absolute Gasteiger partial charge is 0.491 e. The van der Waals surface area contributed by atoms with Crippen LogP contribution in [0.2, 0.25) is 5.02 Å². The Morgan fingerprint density at radius 1 is 1.11 bits per heavy atom. The highest BCUT2D eigenvalue weighted by Crippen LogP contribution is 2.37. The first-order chi connectivity index (χ1) is 17.2. The van der Waals surface area contributed by atoms with E-state index in [0.29, 0.717) is 58.7 Å². The van der Waals surface area contributed by atoms with Crippen molar-refractivity contribution < 1.29 is 22.3 Å². The van der Waals surface area contributed by atoms with E-state index in [1.54, 1.807) is 24.3 Å². The topological polar surface area (TPSA) is 47.0 Å². The Labute approximate surface area is 209 Å². The maximum atomic E-state index is 13.7. The van der Waals surface area contributed by atoms with Crippen molar-refractivity contribution in [1.29, 1.82) is 0 Å². The van der Waals surface area contributed by atoms with E-state index in [1.807, 2.05) is 6.07 Å². The average molecular weight is 514 g/mol. The van der Waals surface area contributed by atoms with Gasteiger partial charge >= 0.3 is 6.18 Å². The van der Waals surface area contributed by atoms with Gasteiger partial charge in [0, 0.05) is 53.5 Å². The van der Waals surface area contributed by atoms with Gasteiger partial charge < -0.3 is 10.1 Å². The predicted octanol–water partition coefficient (Wildman–Crippen LogP) is 6.85. The summed E-state index contributed by atoms with van der Waals surface area (Å²) in [5.74, 6) is 0.178. The minimum atomic E-state index is -4.46. The van der Waals surface area contributed by atoms with Gasteiger partial charge in [0.05, 0.1) is 22.7 Å². The second-order valence-corrected chi connectivity index (χ2v) is 8.87. The van der Waals surface area contributed by atoms with Crippen LogP contribution in [0.25, 0.3) is 27.9 Å². The van der Waals surface area contributed by atoms with Gasteiger partial charge in [0.1, 0.15) is 17.3 Å². The fourth-order valence-corrected chi connectivity index (χ4v) is 4.32. The van der Waals surface area contributed by atoms with E-state index in [2.05, 4.69) is 16.9 Å². The first kappa shape index (κ1) is 24.1. The Balaban J connectivity index is 1.32. The Morgan fingerprint density at radius 3 is 2.72 bits per heavy atom. The molecule has 0 aliphatic carbocycles. The smallest absolute Gasteiger partial charge is 0.417 e. The predicted molar refractivity (Wildman–Crippen MR) is 131 cm³/mol. The van der Waals surface area contributed by atoms with Crippen LogP contribution in [0.4, 0.5) is 17.6 Å². The molecule has 4 nitrogen and oxygen atoms in total. The van der Waals surface area contributed by atoms with E-state index in [9.17, 15) is 17.6 Å². The zero-order valence-corrected chi connectivity index (χ0v) is 19.7. The molecule has 3 heterocycles. The van der Waals surface area contributed by atoms with E-state index >= 15 is 0 Å². The van der Waals surface area contributed by atoms with Crippen molar-refractivity contribution in [3.05, 3.63) is 94.5 Å². The number of hydrogen-bond donors (Lipinski definition) is 1. The number of alkyl halides is 3. The Kier molecular flexibility index (Phi) is 6.30. The molecule has 0 unspecified atom stereocenters. The molecular formula is C27H20ClF4N3O. The lowest BCUT2D eigenvalue weighted by molar-refractivity contribution is -0.137. The van der Waals surface area contributed by atoms with Crippen molar-refractivity contribution in [3.8, 4) is 17.0 Å². The molecule has 2 aromatic heterocycles. The van der Waals surface area contributed by atoms with Crippen LogP contribution in [0.1, 0.15) is 22.4 Å². The molecule has 0 amide bonds. The van der Waals surface area contributed by atoms with Gasteiger partial charge in [-0.15, -0.1) is 0 Å². The summed E-state index contributed by atoms with van der Waals surface area (Å²) in [4.78, 5) is 8.64. The number of fused-ring (bicyclic) bond motifs is 2. The van der Waals surface area contributed by atoms with Gasteiger partial charge in [0.25, 0.3) is 0 Å². The number of ether oxygens (including phenoxy) is 1. The van der Waals surface area contributed by atoms with Crippen LogP contribution in [0.5, 0.6) is 5.75 Å². The molecule has 4 aromatic rings. The fraction of sp³-hybridized carbons (Fsp3) is 0.185. The lowest BCUT2D eigenvalue weighted by Crippen LogP contribution is -2.16. The summed E-state index contributed by atoms with van der Waals surface area (Å²) in [7, 11) is 0. The molecule has 0 saturated carbocycles. The molecule has 0 saturated heterocycles. The number of pyridine rings is 2. The second kappa shape index (κ2) is 9.43. The molecule has 184 valence electrons. The minimum Gasteiger partial charge on any atom is -0.491 e. The Morgan fingerprint density at radius 2 is 1.94 bits per heavy atom. The Bertz CT molecular complexity index is 1490. The SMILES string of the molecule is C=C(NCCc1cc2c(c(-c3ccc(F)c(Cl)c3)n1)OCC2)c1ccc2ncc(C(F)(F)F)cc2c1. The first-order valence-corrected chi connectivity index (χ1v) is 11.6. The molecule has 0 spiro atoms. The van der Waals surface area contributed by atoms with Crippen molar-refractivity contribution in [2.24, 2.45) is 0 Å². The maximum absolute atomic E-state index is 13.7. The minimum absolute atomic E-state index is 0.0114. The lowest BCUT2D eigenvalue weighted by Gasteiger charge is -2.13. The first-order valence-electron chi connectivity index (χ1n) is 11.2. The molecule has 5 rings (SSSR count).